The van der Waals surface area contributed by atoms with Crippen LogP contribution < -0.4 is 0 Å². The van der Waals surface area contributed by atoms with Crippen molar-refractivity contribution in [3.63, 3.8) is 0 Å². The first kappa shape index (κ1) is 9.37. The zero-order valence-corrected chi connectivity index (χ0v) is 11.4. The fourth-order valence-electron chi connectivity index (χ4n) is 1.92. The van der Waals surface area contributed by atoms with Crippen molar-refractivity contribution < 1.29 is 0 Å². The molecule has 0 N–H and O–H groups in total. The largest absolute Gasteiger partial charge is 0.153 e. The Bertz CT molecular complexity index is 137. The maximum Gasteiger partial charge on any atom is 0.0286 e. The number of fused-ring (bicyclic) bond motifs is 2. The average Bonchev–Trinajstić information content (AvgIpc) is 2.02. The van der Waals surface area contributed by atoms with Crippen molar-refractivity contribution in [2.45, 2.75) is 44.0 Å². The average molecular weight is 394 g/mol. The van der Waals surface area contributed by atoms with Crippen molar-refractivity contribution in [2.24, 2.45) is 0 Å². The Morgan fingerprint density at radius 1 is 0.909 bits per heavy atom. The number of halogens is 2. The summed E-state index contributed by atoms with van der Waals surface area (Å²) in [5, 5.41) is 2.00. The Hall–Kier alpha value is 1.81. The molecule has 3 heteroatoms. The predicted molar refractivity (Wildman–Crippen MR) is 69.3 cm³/mol. The van der Waals surface area contributed by atoms with Gasteiger partial charge in [0.15, 0.2) is 0 Å². The molecule has 0 saturated carbocycles. The Morgan fingerprint density at radius 2 is 1.45 bits per heavy atom. The molecule has 2 unspecified atom stereocenters. The first-order valence-electron chi connectivity index (χ1n) is 4.21. The molecule has 2 heterocycles. The molecule has 0 aromatic carbocycles. The highest BCUT2D eigenvalue weighted by Crippen LogP contribution is 2.46. The highest BCUT2D eigenvalue weighted by Gasteiger charge is 2.37. The van der Waals surface area contributed by atoms with Crippen molar-refractivity contribution in [3.8, 4) is 0 Å². The lowest BCUT2D eigenvalue weighted by Crippen LogP contribution is -2.38. The normalized spacial score (nSPS) is 50.7. The molecule has 11 heavy (non-hydrogen) atoms. The third-order valence-corrected chi connectivity index (χ3v) is 8.19. The molecule has 2 saturated heterocycles. The highest BCUT2D eigenvalue weighted by molar-refractivity contribution is 14.1. The molecule has 2 fully saturated rings. The van der Waals surface area contributed by atoms with E-state index in [4.69, 9.17) is 0 Å². The van der Waals surface area contributed by atoms with E-state index in [-0.39, 0.29) is 0 Å². The minimum Gasteiger partial charge on any atom is -0.153 e. The second kappa shape index (κ2) is 3.90. The Kier molecular flexibility index (Phi) is 3.32. The zero-order chi connectivity index (χ0) is 7.84. The van der Waals surface area contributed by atoms with Gasteiger partial charge in [-0.05, 0) is 25.7 Å². The van der Waals surface area contributed by atoms with Crippen LogP contribution >= 0.6 is 56.9 Å². The van der Waals surface area contributed by atoms with E-state index in [1.54, 1.807) is 0 Å². The number of hydrogen-bond donors (Lipinski definition) is 0. The molecule has 0 aromatic heterocycles. The van der Waals surface area contributed by atoms with E-state index in [0.29, 0.717) is 0 Å². The topological polar surface area (TPSA) is 0 Å². The van der Waals surface area contributed by atoms with Gasteiger partial charge in [0.05, 0.1) is 0 Å². The summed E-state index contributed by atoms with van der Waals surface area (Å²) in [5.74, 6) is 0. The summed E-state index contributed by atoms with van der Waals surface area (Å²) in [6, 6.07) is 0. The Morgan fingerprint density at radius 3 is 1.91 bits per heavy atom. The summed E-state index contributed by atoms with van der Waals surface area (Å²) in [7, 11) is 0. The quantitative estimate of drug-likeness (QED) is 0.447. The van der Waals surface area contributed by atoms with E-state index in [1.165, 1.54) is 25.7 Å². The summed E-state index contributed by atoms with van der Waals surface area (Å²) >= 11 is 7.58. The second-order valence-corrected chi connectivity index (χ2v) is 8.09. The van der Waals surface area contributed by atoms with Crippen LogP contribution in [-0.2, 0) is 0 Å². The van der Waals surface area contributed by atoms with Crippen LogP contribution in [0.25, 0.3) is 0 Å². The van der Waals surface area contributed by atoms with E-state index in [9.17, 15) is 0 Å². The van der Waals surface area contributed by atoms with Gasteiger partial charge >= 0.3 is 0 Å². The van der Waals surface area contributed by atoms with Crippen molar-refractivity contribution in [1.29, 1.82) is 0 Å². The van der Waals surface area contributed by atoms with Gasteiger partial charge in [0.1, 0.15) is 0 Å². The first-order valence-corrected chi connectivity index (χ1v) is 7.64. The van der Waals surface area contributed by atoms with Crippen molar-refractivity contribution >= 4 is 56.9 Å². The van der Waals surface area contributed by atoms with Crippen LogP contribution in [0.3, 0.4) is 0 Å². The maximum atomic E-state index is 2.65. The smallest absolute Gasteiger partial charge is 0.0286 e. The molecule has 0 nitrogen and oxygen atoms in total. The van der Waals surface area contributed by atoms with Crippen LogP contribution in [0, 0.1) is 0 Å². The van der Waals surface area contributed by atoms with Gasteiger partial charge in [0.2, 0.25) is 0 Å². The molecule has 0 radical (unpaired) electrons. The third-order valence-electron chi connectivity index (χ3n) is 2.59. The molecule has 2 rings (SSSR count). The van der Waals surface area contributed by atoms with Crippen molar-refractivity contribution in [1.82, 2.24) is 0 Å². The van der Waals surface area contributed by atoms with E-state index >= 15 is 0 Å². The third kappa shape index (κ3) is 2.00. The van der Waals surface area contributed by atoms with Gasteiger partial charge in [-0.3, -0.25) is 0 Å². The molecule has 2 aliphatic rings. The Labute approximate surface area is 99.9 Å². The van der Waals surface area contributed by atoms with Crippen LogP contribution in [0.4, 0.5) is 0 Å². The van der Waals surface area contributed by atoms with Crippen LogP contribution in [0.5, 0.6) is 0 Å². The summed E-state index contributed by atoms with van der Waals surface area (Å²) in [5.41, 5.74) is 0. The van der Waals surface area contributed by atoms with Gasteiger partial charge in [-0.2, -0.15) is 11.8 Å². The number of thioether (sulfide) groups is 1. The van der Waals surface area contributed by atoms with Gasteiger partial charge in [0, 0.05) is 18.3 Å². The maximum absolute atomic E-state index is 2.65. The zero-order valence-electron chi connectivity index (χ0n) is 6.30. The van der Waals surface area contributed by atoms with Crippen LogP contribution in [0.2, 0.25) is 0 Å². The lowest BCUT2D eigenvalue weighted by molar-refractivity contribution is 0.525. The SMILES string of the molecule is IC1CCC2CCC(I)C1S2. The van der Waals surface area contributed by atoms with Gasteiger partial charge < -0.3 is 0 Å². The first-order chi connectivity index (χ1) is 5.27. The Balaban J connectivity index is 2.05. The molecule has 64 valence electrons. The van der Waals surface area contributed by atoms with E-state index in [0.717, 1.165) is 18.3 Å². The molecule has 2 aliphatic heterocycles. The fourth-order valence-corrected chi connectivity index (χ4v) is 7.05. The van der Waals surface area contributed by atoms with Crippen LogP contribution in [0.1, 0.15) is 25.7 Å². The van der Waals surface area contributed by atoms with Gasteiger partial charge in [-0.15, -0.1) is 0 Å². The minimum atomic E-state index is 0.955. The fraction of sp³-hybridized carbons (Fsp3) is 1.00. The molecular formula is C8H12I2S. The highest BCUT2D eigenvalue weighted by atomic mass is 127. The molecule has 0 spiro atoms. The van der Waals surface area contributed by atoms with Gasteiger partial charge in [-0.25, -0.2) is 0 Å². The molecule has 2 atom stereocenters. The number of alkyl halides is 2. The summed E-state index contributed by atoms with van der Waals surface area (Å²) in [4.78, 5) is 0. The summed E-state index contributed by atoms with van der Waals surface area (Å²) in [6.07, 6.45) is 5.92. The van der Waals surface area contributed by atoms with Gasteiger partial charge in [0.25, 0.3) is 0 Å². The number of hydrogen-bond acceptors (Lipinski definition) is 1. The lowest BCUT2D eigenvalue weighted by Gasteiger charge is -2.40. The molecule has 0 aromatic rings. The van der Waals surface area contributed by atoms with Crippen LogP contribution in [0.15, 0.2) is 0 Å². The molecule has 2 bridgehead atoms. The second-order valence-electron chi connectivity index (χ2n) is 3.41. The van der Waals surface area contributed by atoms with E-state index in [2.05, 4.69) is 56.9 Å². The summed E-state index contributed by atoms with van der Waals surface area (Å²) in [6.45, 7) is 0. The van der Waals surface area contributed by atoms with Crippen molar-refractivity contribution in [2.75, 3.05) is 0 Å². The molecule has 0 amide bonds. The minimum absolute atomic E-state index is 0.955. The number of rotatable bonds is 0. The van der Waals surface area contributed by atoms with Crippen molar-refractivity contribution in [3.05, 3.63) is 0 Å². The monoisotopic (exact) mass is 394 g/mol. The summed E-state index contributed by atoms with van der Waals surface area (Å²) < 4.78 is 1.91. The van der Waals surface area contributed by atoms with E-state index < -0.39 is 0 Å². The van der Waals surface area contributed by atoms with Gasteiger partial charge in [-0.1, -0.05) is 45.2 Å². The van der Waals surface area contributed by atoms with Crippen LogP contribution in [-0.4, -0.2) is 18.3 Å². The molecule has 0 aliphatic carbocycles. The molecular weight excluding hydrogens is 382 g/mol. The standard InChI is InChI=1S/C8H12I2S/c9-6-3-1-5-2-4-7(10)8(6)11-5/h5-8H,1-4H2. The lowest BCUT2D eigenvalue weighted by atomic mass is 9.99. The van der Waals surface area contributed by atoms with E-state index in [1.807, 2.05) is 0 Å². The predicted octanol–water partition coefficient (Wildman–Crippen LogP) is 3.65.